The van der Waals surface area contributed by atoms with Crippen molar-refractivity contribution < 1.29 is 9.90 Å². The molecule has 1 aromatic heterocycles. The van der Waals surface area contributed by atoms with Crippen LogP contribution < -0.4 is 0 Å². The monoisotopic (exact) mass is 250 g/mol. The van der Waals surface area contributed by atoms with Gasteiger partial charge in [-0.3, -0.25) is 0 Å². The van der Waals surface area contributed by atoms with E-state index in [0.717, 1.165) is 6.08 Å². The number of carboxylic acid groups (broad SMARTS) is 1. The molecule has 0 radical (unpaired) electrons. The number of hydrogen-bond acceptors (Lipinski definition) is 4. The van der Waals surface area contributed by atoms with Gasteiger partial charge in [-0.25, -0.2) is 4.79 Å². The fraction of sp³-hybridized carbons (Fsp3) is 0. The highest BCUT2D eigenvalue weighted by molar-refractivity contribution is 6.30. The van der Waals surface area contributed by atoms with Gasteiger partial charge in [0, 0.05) is 11.1 Å². The van der Waals surface area contributed by atoms with E-state index in [2.05, 4.69) is 15.5 Å². The molecule has 0 aliphatic rings. The Hall–Kier alpha value is -2.21. The van der Waals surface area contributed by atoms with Gasteiger partial charge in [-0.05, 0) is 34.7 Å². The van der Waals surface area contributed by atoms with Gasteiger partial charge in [-0.1, -0.05) is 17.7 Å². The number of carbonyl (C=O) groups is 1. The number of benzene rings is 1. The van der Waals surface area contributed by atoms with Crippen molar-refractivity contribution in [2.75, 3.05) is 0 Å². The van der Waals surface area contributed by atoms with Gasteiger partial charge in [0.2, 0.25) is 0 Å². The highest BCUT2D eigenvalue weighted by Gasteiger charge is 2.05. The number of aliphatic carboxylic acids is 1. The summed E-state index contributed by atoms with van der Waals surface area (Å²) in [4.78, 5) is 10.4. The van der Waals surface area contributed by atoms with Gasteiger partial charge in [0.15, 0.2) is 5.82 Å². The second-order valence-electron chi connectivity index (χ2n) is 3.10. The molecule has 6 nitrogen and oxygen atoms in total. The van der Waals surface area contributed by atoms with Gasteiger partial charge >= 0.3 is 5.97 Å². The molecule has 7 heteroatoms. The lowest BCUT2D eigenvalue weighted by Gasteiger charge is -2.01. The van der Waals surface area contributed by atoms with Crippen LogP contribution in [-0.2, 0) is 4.79 Å². The summed E-state index contributed by atoms with van der Waals surface area (Å²) in [5.41, 5.74) is 0.660. The zero-order valence-corrected chi connectivity index (χ0v) is 9.24. The second-order valence-corrected chi connectivity index (χ2v) is 3.54. The van der Waals surface area contributed by atoms with Crippen molar-refractivity contribution in [3.05, 3.63) is 41.2 Å². The van der Waals surface area contributed by atoms with Gasteiger partial charge < -0.3 is 5.11 Å². The lowest BCUT2D eigenvalue weighted by Crippen LogP contribution is -1.99. The van der Waals surface area contributed by atoms with Crippen LogP contribution in [0.4, 0.5) is 0 Å². The van der Waals surface area contributed by atoms with Crippen LogP contribution in [-0.4, -0.2) is 31.3 Å². The Morgan fingerprint density at radius 3 is 3.00 bits per heavy atom. The van der Waals surface area contributed by atoms with Crippen LogP contribution in [0.2, 0.25) is 5.02 Å². The number of carboxylic acids is 1. The summed E-state index contributed by atoms with van der Waals surface area (Å²) in [6.07, 6.45) is 2.27. The predicted octanol–water partition coefficient (Wildman–Crippen LogP) is 1.41. The summed E-state index contributed by atoms with van der Waals surface area (Å²) < 4.78 is 1.39. The zero-order valence-electron chi connectivity index (χ0n) is 8.49. The van der Waals surface area contributed by atoms with E-state index in [4.69, 9.17) is 16.7 Å². The first-order valence-corrected chi connectivity index (χ1v) is 5.00. The maximum Gasteiger partial charge on any atom is 0.328 e. The molecule has 0 aliphatic heterocycles. The zero-order chi connectivity index (χ0) is 12.3. The van der Waals surface area contributed by atoms with Crippen molar-refractivity contribution in [2.24, 2.45) is 0 Å². The average molecular weight is 251 g/mol. The molecular weight excluding hydrogens is 244 g/mol. The molecule has 1 N–H and O–H groups in total. The van der Waals surface area contributed by atoms with Crippen molar-refractivity contribution in [1.82, 2.24) is 20.2 Å². The molecule has 0 atom stereocenters. The van der Waals surface area contributed by atoms with E-state index in [1.165, 1.54) is 10.8 Å². The standard InChI is InChI=1S/C10H7ClN4O2/c11-7-2-1-3-8(6-7)15-9(12-13-14-15)4-5-10(16)17/h1-6H,(H,16,17)/b5-4+. The molecular formula is C10H7ClN4O2. The Labute approximate surface area is 101 Å². The van der Waals surface area contributed by atoms with E-state index in [0.29, 0.717) is 16.5 Å². The van der Waals surface area contributed by atoms with Crippen molar-refractivity contribution in [3.63, 3.8) is 0 Å². The van der Waals surface area contributed by atoms with E-state index in [1.54, 1.807) is 24.3 Å². The highest BCUT2D eigenvalue weighted by atomic mass is 35.5. The van der Waals surface area contributed by atoms with Gasteiger partial charge in [0.25, 0.3) is 0 Å². The first-order chi connectivity index (χ1) is 8.16. The fourth-order valence-corrected chi connectivity index (χ4v) is 1.42. The third-order valence-electron chi connectivity index (χ3n) is 1.92. The Morgan fingerprint density at radius 1 is 1.47 bits per heavy atom. The van der Waals surface area contributed by atoms with E-state index < -0.39 is 5.97 Å². The molecule has 0 fully saturated rings. The Bertz CT molecular complexity index is 579. The maximum atomic E-state index is 10.4. The smallest absolute Gasteiger partial charge is 0.328 e. The first kappa shape index (κ1) is 11.3. The lowest BCUT2D eigenvalue weighted by atomic mass is 10.3. The molecule has 0 saturated carbocycles. The van der Waals surface area contributed by atoms with Crippen molar-refractivity contribution in [2.45, 2.75) is 0 Å². The summed E-state index contributed by atoms with van der Waals surface area (Å²) in [5.74, 6) is -0.750. The average Bonchev–Trinajstić information content (AvgIpc) is 2.74. The minimum atomic E-state index is -1.06. The summed E-state index contributed by atoms with van der Waals surface area (Å²) in [6.45, 7) is 0. The number of nitrogens with zero attached hydrogens (tertiary/aromatic N) is 4. The second kappa shape index (κ2) is 4.75. The number of halogens is 1. The van der Waals surface area contributed by atoms with Crippen LogP contribution in [0.3, 0.4) is 0 Å². The van der Waals surface area contributed by atoms with E-state index in [9.17, 15) is 4.79 Å². The molecule has 1 heterocycles. The SMILES string of the molecule is O=C(O)/C=C/c1nnnn1-c1cccc(Cl)c1. The molecule has 17 heavy (non-hydrogen) atoms. The topological polar surface area (TPSA) is 80.9 Å². The third kappa shape index (κ3) is 2.67. The molecule has 2 rings (SSSR count). The largest absolute Gasteiger partial charge is 0.478 e. The quantitative estimate of drug-likeness (QED) is 0.833. The van der Waals surface area contributed by atoms with Crippen LogP contribution in [0.15, 0.2) is 30.3 Å². The summed E-state index contributed by atoms with van der Waals surface area (Å²) in [7, 11) is 0. The van der Waals surface area contributed by atoms with Crippen LogP contribution in [0.1, 0.15) is 5.82 Å². The maximum absolute atomic E-state index is 10.4. The van der Waals surface area contributed by atoms with Crippen LogP contribution >= 0.6 is 11.6 Å². The summed E-state index contributed by atoms with van der Waals surface area (Å²) >= 11 is 5.85. The normalized spacial score (nSPS) is 10.9. The molecule has 0 saturated heterocycles. The number of hydrogen-bond donors (Lipinski definition) is 1. The van der Waals surface area contributed by atoms with Gasteiger partial charge in [0.1, 0.15) is 0 Å². The summed E-state index contributed by atoms with van der Waals surface area (Å²) in [5, 5.41) is 20.0. The minimum absolute atomic E-state index is 0.315. The lowest BCUT2D eigenvalue weighted by molar-refractivity contribution is -0.131. The Balaban J connectivity index is 2.40. The van der Waals surface area contributed by atoms with Crippen LogP contribution in [0.5, 0.6) is 0 Å². The molecule has 0 unspecified atom stereocenters. The number of aromatic nitrogens is 4. The molecule has 0 aliphatic carbocycles. The molecule has 0 bridgehead atoms. The molecule has 2 aromatic rings. The molecule has 0 amide bonds. The molecule has 1 aromatic carbocycles. The number of rotatable bonds is 3. The van der Waals surface area contributed by atoms with Crippen molar-refractivity contribution >= 4 is 23.6 Å². The number of tetrazole rings is 1. The first-order valence-electron chi connectivity index (χ1n) is 4.62. The van der Waals surface area contributed by atoms with Gasteiger partial charge in [0.05, 0.1) is 5.69 Å². The van der Waals surface area contributed by atoms with E-state index in [-0.39, 0.29) is 0 Å². The predicted molar refractivity (Wildman–Crippen MR) is 60.8 cm³/mol. The Kier molecular flexibility index (Phi) is 3.15. The van der Waals surface area contributed by atoms with E-state index >= 15 is 0 Å². The molecule has 86 valence electrons. The van der Waals surface area contributed by atoms with Crippen LogP contribution in [0, 0.1) is 0 Å². The van der Waals surface area contributed by atoms with Crippen LogP contribution in [0.25, 0.3) is 11.8 Å². The highest BCUT2D eigenvalue weighted by Crippen LogP contribution is 2.14. The van der Waals surface area contributed by atoms with Gasteiger partial charge in [-0.2, -0.15) is 4.68 Å². The fourth-order valence-electron chi connectivity index (χ4n) is 1.24. The van der Waals surface area contributed by atoms with E-state index in [1.807, 2.05) is 0 Å². The third-order valence-corrected chi connectivity index (χ3v) is 2.16. The Morgan fingerprint density at radius 2 is 2.29 bits per heavy atom. The van der Waals surface area contributed by atoms with Crippen molar-refractivity contribution in [3.8, 4) is 5.69 Å². The van der Waals surface area contributed by atoms with Gasteiger partial charge in [-0.15, -0.1) is 5.10 Å². The molecule has 0 spiro atoms. The van der Waals surface area contributed by atoms with Crippen molar-refractivity contribution in [1.29, 1.82) is 0 Å². The minimum Gasteiger partial charge on any atom is -0.478 e. The summed E-state index contributed by atoms with van der Waals surface area (Å²) in [6, 6.07) is 6.92.